The molecule has 0 aromatic carbocycles. The quantitative estimate of drug-likeness (QED) is 0.440. The molecule has 0 fully saturated rings. The van der Waals surface area contributed by atoms with Crippen LogP contribution in [-0.2, 0) is 21.3 Å². The van der Waals surface area contributed by atoms with Crippen molar-refractivity contribution in [3.05, 3.63) is 24.2 Å². The minimum Gasteiger partial charge on any atom is -0.501 e. The molecule has 46 valence electrons. The summed E-state index contributed by atoms with van der Waals surface area (Å²) in [7, 11) is 0. The van der Waals surface area contributed by atoms with Gasteiger partial charge in [-0.3, -0.25) is 0 Å². The van der Waals surface area contributed by atoms with Crippen molar-refractivity contribution in [3.8, 4) is 0 Å². The van der Waals surface area contributed by atoms with E-state index in [-0.39, 0.29) is 22.3 Å². The van der Waals surface area contributed by atoms with E-state index in [9.17, 15) is 4.79 Å². The molecule has 0 N–H and O–H groups in total. The average Bonchev–Trinajstić information content (AvgIpc) is 2.14. The summed E-state index contributed by atoms with van der Waals surface area (Å²) in [6, 6.07) is 3.19. The summed E-state index contributed by atoms with van der Waals surface area (Å²) in [6.07, 6.45) is 3.02. The fraction of sp³-hybridized carbons (Fsp3) is 0. The molecule has 1 aromatic rings. The summed E-state index contributed by atoms with van der Waals surface area (Å²) in [5, 5.41) is 0. The van der Waals surface area contributed by atoms with Crippen molar-refractivity contribution in [3.63, 3.8) is 0 Å². The Labute approximate surface area is 56.8 Å². The molecule has 1 rings (SSSR count). The topological polar surface area (TPSA) is 30.2 Å². The molecule has 0 saturated carbocycles. The van der Waals surface area contributed by atoms with Crippen molar-refractivity contribution in [2.75, 3.05) is 0 Å². The fourth-order valence-corrected chi connectivity index (χ4v) is 0.337. The smallest absolute Gasteiger partial charge is 0.0690 e. The standard InChI is InChI=1S/C5H3O2.Ni/c6-4-5-2-1-3-7-5;/h1-3H;/q-1;. The van der Waals surface area contributed by atoms with Gasteiger partial charge in [-0.15, -0.1) is 6.07 Å². The Morgan fingerprint density at radius 2 is 2.38 bits per heavy atom. The predicted molar refractivity (Wildman–Crippen MR) is 23.5 cm³/mol. The van der Waals surface area contributed by atoms with Gasteiger partial charge in [0.05, 0.1) is 6.26 Å². The largest absolute Gasteiger partial charge is 0.501 e. The molecule has 0 spiro atoms. The van der Waals surface area contributed by atoms with Crippen LogP contribution >= 0.6 is 0 Å². The molecule has 0 saturated heterocycles. The van der Waals surface area contributed by atoms with E-state index in [2.05, 4.69) is 4.42 Å². The van der Waals surface area contributed by atoms with Crippen molar-refractivity contribution in [1.29, 1.82) is 0 Å². The van der Waals surface area contributed by atoms with E-state index < -0.39 is 0 Å². The minimum absolute atomic E-state index is 0. The molecule has 0 atom stereocenters. The molecule has 1 heterocycles. The van der Waals surface area contributed by atoms with Gasteiger partial charge in [0.2, 0.25) is 0 Å². The summed E-state index contributed by atoms with van der Waals surface area (Å²) in [5.41, 5.74) is 0. The monoisotopic (exact) mass is 153 g/mol. The van der Waals surface area contributed by atoms with Gasteiger partial charge in [-0.05, 0) is 5.76 Å². The second-order valence-corrected chi connectivity index (χ2v) is 1.08. The van der Waals surface area contributed by atoms with E-state index >= 15 is 0 Å². The first-order valence-electron chi connectivity index (χ1n) is 1.85. The van der Waals surface area contributed by atoms with Crippen molar-refractivity contribution >= 4 is 6.29 Å². The van der Waals surface area contributed by atoms with E-state index in [4.69, 9.17) is 0 Å². The molecule has 0 amide bonds. The molecule has 8 heavy (non-hydrogen) atoms. The Kier molecular flexibility index (Phi) is 3.21. The van der Waals surface area contributed by atoms with Gasteiger partial charge in [-0.1, -0.05) is 0 Å². The maximum Gasteiger partial charge on any atom is 0.0690 e. The van der Waals surface area contributed by atoms with Crippen molar-refractivity contribution < 1.29 is 25.7 Å². The zero-order valence-corrected chi connectivity index (χ0v) is 4.85. The zero-order chi connectivity index (χ0) is 5.11. The van der Waals surface area contributed by atoms with Gasteiger partial charge < -0.3 is 9.21 Å². The second kappa shape index (κ2) is 3.45. The Bertz CT molecular complexity index is 145. The number of carbonyl (C=O) groups excluding carboxylic acids is 1. The third-order valence-electron chi connectivity index (χ3n) is 0.622. The SMILES string of the molecule is O=[C-]c1ccco1.[Ni]. The van der Waals surface area contributed by atoms with E-state index in [1.165, 1.54) is 6.26 Å². The molecule has 1 aromatic heterocycles. The first-order valence-corrected chi connectivity index (χ1v) is 1.85. The summed E-state index contributed by atoms with van der Waals surface area (Å²) in [6.45, 7) is 0. The van der Waals surface area contributed by atoms with Crippen molar-refractivity contribution in [2.45, 2.75) is 0 Å². The van der Waals surface area contributed by atoms with Crippen LogP contribution in [0.2, 0.25) is 0 Å². The summed E-state index contributed by atoms with van der Waals surface area (Å²) < 4.78 is 4.56. The van der Waals surface area contributed by atoms with Crippen LogP contribution in [0.3, 0.4) is 0 Å². The second-order valence-electron chi connectivity index (χ2n) is 1.08. The van der Waals surface area contributed by atoms with Crippen molar-refractivity contribution in [2.24, 2.45) is 0 Å². The van der Waals surface area contributed by atoms with Crippen LogP contribution in [0.25, 0.3) is 0 Å². The molecule has 2 nitrogen and oxygen atoms in total. The molecule has 0 aliphatic rings. The van der Waals surface area contributed by atoms with Crippen molar-refractivity contribution in [1.82, 2.24) is 0 Å². The van der Waals surface area contributed by atoms with Gasteiger partial charge in [-0.25, -0.2) is 0 Å². The molecule has 0 bridgehead atoms. The van der Waals surface area contributed by atoms with E-state index in [0.29, 0.717) is 0 Å². The number of furan rings is 1. The summed E-state index contributed by atoms with van der Waals surface area (Å²) in [5.74, 6) is 0.250. The third-order valence-corrected chi connectivity index (χ3v) is 0.622. The fourth-order valence-electron chi connectivity index (χ4n) is 0.337. The maximum atomic E-state index is 9.65. The van der Waals surface area contributed by atoms with Crippen LogP contribution < -0.4 is 0 Å². The summed E-state index contributed by atoms with van der Waals surface area (Å²) in [4.78, 5) is 9.65. The molecule has 0 radical (unpaired) electrons. The number of rotatable bonds is 1. The van der Waals surface area contributed by atoms with Crippen LogP contribution in [0.15, 0.2) is 22.8 Å². The Morgan fingerprint density at radius 3 is 2.62 bits per heavy atom. The number of hydrogen-bond donors (Lipinski definition) is 0. The van der Waals surface area contributed by atoms with E-state index in [1.807, 2.05) is 0 Å². The predicted octanol–water partition coefficient (Wildman–Crippen LogP) is 0.735. The Balaban J connectivity index is 0.000000490. The van der Waals surface area contributed by atoms with Gasteiger partial charge in [0.1, 0.15) is 0 Å². The van der Waals surface area contributed by atoms with E-state index in [0.717, 1.165) is 0 Å². The molecular weight excluding hydrogens is 151 g/mol. The van der Waals surface area contributed by atoms with Crippen LogP contribution in [0.4, 0.5) is 0 Å². The zero-order valence-electron chi connectivity index (χ0n) is 3.86. The van der Waals surface area contributed by atoms with Gasteiger partial charge in [0.15, 0.2) is 0 Å². The molecule has 0 unspecified atom stereocenters. The molecular formula is C5H3NiO2-. The van der Waals surface area contributed by atoms with Crippen LogP contribution in [-0.4, -0.2) is 6.29 Å². The van der Waals surface area contributed by atoms with Crippen LogP contribution in [0.1, 0.15) is 5.76 Å². The number of hydrogen-bond acceptors (Lipinski definition) is 2. The average molecular weight is 154 g/mol. The van der Waals surface area contributed by atoms with Crippen LogP contribution in [0, 0.1) is 0 Å². The van der Waals surface area contributed by atoms with Crippen LogP contribution in [0.5, 0.6) is 0 Å². The Hall–Kier alpha value is -0.556. The Morgan fingerprint density at radius 1 is 1.62 bits per heavy atom. The summed E-state index contributed by atoms with van der Waals surface area (Å²) >= 11 is 0. The van der Waals surface area contributed by atoms with Gasteiger partial charge in [-0.2, -0.15) is 6.07 Å². The maximum absolute atomic E-state index is 9.65. The van der Waals surface area contributed by atoms with E-state index in [1.54, 1.807) is 18.4 Å². The first kappa shape index (κ1) is 7.44. The third kappa shape index (κ3) is 1.51. The van der Waals surface area contributed by atoms with Gasteiger partial charge in [0.25, 0.3) is 0 Å². The molecule has 0 aliphatic heterocycles. The molecule has 0 aliphatic carbocycles. The van der Waals surface area contributed by atoms with Gasteiger partial charge >= 0.3 is 0 Å². The van der Waals surface area contributed by atoms with Gasteiger partial charge in [0, 0.05) is 22.8 Å². The normalized spacial score (nSPS) is 7.50. The molecule has 3 heteroatoms. The first-order chi connectivity index (χ1) is 3.43. The minimum atomic E-state index is 0.